The van der Waals surface area contributed by atoms with Crippen LogP contribution in [-0.2, 0) is 11.3 Å². The first-order valence-electron chi connectivity index (χ1n) is 6.39. The van der Waals surface area contributed by atoms with Crippen LogP contribution in [0.4, 0.5) is 0 Å². The van der Waals surface area contributed by atoms with Crippen LogP contribution in [0.15, 0.2) is 18.3 Å². The molecule has 0 unspecified atom stereocenters. The molecule has 1 aromatic rings. The molecule has 0 aliphatic carbocycles. The smallest absolute Gasteiger partial charge is 0.323 e. The lowest BCUT2D eigenvalue weighted by Gasteiger charge is -2.21. The van der Waals surface area contributed by atoms with Gasteiger partial charge in [-0.05, 0) is 42.4 Å². The van der Waals surface area contributed by atoms with Crippen molar-refractivity contribution >= 4 is 23.6 Å². The molecule has 0 spiro atoms. The van der Waals surface area contributed by atoms with E-state index in [4.69, 9.17) is 5.11 Å². The number of carboxylic acids is 1. The number of nitrogens with zero attached hydrogens (tertiary/aromatic N) is 1. The highest BCUT2D eigenvalue weighted by molar-refractivity contribution is 7.99. The summed E-state index contributed by atoms with van der Waals surface area (Å²) in [7, 11) is 0. The molecule has 0 saturated carbocycles. The fraction of sp³-hybridized carbons (Fsp3) is 0.538. The van der Waals surface area contributed by atoms with E-state index in [1.807, 2.05) is 11.8 Å². The van der Waals surface area contributed by atoms with Gasteiger partial charge in [0, 0.05) is 12.7 Å². The Balaban J connectivity index is 1.88. The van der Waals surface area contributed by atoms with Crippen LogP contribution >= 0.6 is 11.8 Å². The van der Waals surface area contributed by atoms with Crippen molar-refractivity contribution in [2.24, 2.45) is 5.92 Å². The molecular formula is C13H18N2O3S. The summed E-state index contributed by atoms with van der Waals surface area (Å²) in [5.74, 6) is 1.73. The van der Waals surface area contributed by atoms with Crippen LogP contribution in [0.2, 0.25) is 0 Å². The number of carboxylic acid groups (broad SMARTS) is 1. The van der Waals surface area contributed by atoms with Crippen molar-refractivity contribution in [3.05, 3.63) is 24.0 Å². The molecule has 0 atom stereocenters. The van der Waals surface area contributed by atoms with E-state index in [0.717, 1.165) is 24.3 Å². The molecule has 0 radical (unpaired) electrons. The van der Waals surface area contributed by atoms with Gasteiger partial charge in [0.2, 0.25) is 0 Å². The van der Waals surface area contributed by atoms with Crippen LogP contribution in [0.5, 0.6) is 0 Å². The first-order chi connectivity index (χ1) is 9.16. The van der Waals surface area contributed by atoms with Gasteiger partial charge in [0.25, 0.3) is 5.91 Å². The number of aliphatic carboxylic acids is 1. The van der Waals surface area contributed by atoms with Gasteiger partial charge in [0.05, 0.1) is 0 Å². The zero-order chi connectivity index (χ0) is 13.7. The first-order valence-corrected chi connectivity index (χ1v) is 7.55. The Morgan fingerprint density at radius 1 is 1.42 bits per heavy atom. The number of amides is 1. The summed E-state index contributed by atoms with van der Waals surface area (Å²) < 4.78 is 1.45. The van der Waals surface area contributed by atoms with Crippen molar-refractivity contribution in [3.8, 4) is 0 Å². The first kappa shape index (κ1) is 14.0. The second-order valence-electron chi connectivity index (χ2n) is 4.68. The van der Waals surface area contributed by atoms with E-state index in [1.54, 1.807) is 18.3 Å². The zero-order valence-corrected chi connectivity index (χ0v) is 11.5. The summed E-state index contributed by atoms with van der Waals surface area (Å²) in [6.07, 6.45) is 3.89. The molecule has 1 amide bonds. The van der Waals surface area contributed by atoms with Gasteiger partial charge < -0.3 is 15.0 Å². The minimum absolute atomic E-state index is 0.185. The molecule has 1 aliphatic rings. The molecule has 19 heavy (non-hydrogen) atoms. The maximum absolute atomic E-state index is 12.0. The highest BCUT2D eigenvalue weighted by Crippen LogP contribution is 2.21. The average molecular weight is 282 g/mol. The Labute approximate surface area is 116 Å². The van der Waals surface area contributed by atoms with Gasteiger partial charge in [-0.15, -0.1) is 0 Å². The second kappa shape index (κ2) is 6.65. The molecule has 2 rings (SSSR count). The minimum atomic E-state index is -0.949. The summed E-state index contributed by atoms with van der Waals surface area (Å²) in [6, 6.07) is 3.34. The van der Waals surface area contributed by atoms with E-state index < -0.39 is 5.97 Å². The van der Waals surface area contributed by atoms with E-state index in [-0.39, 0.29) is 12.5 Å². The molecular weight excluding hydrogens is 264 g/mol. The van der Waals surface area contributed by atoms with Crippen molar-refractivity contribution in [3.63, 3.8) is 0 Å². The lowest BCUT2D eigenvalue weighted by atomic mass is 10.0. The normalized spacial score (nSPS) is 16.2. The summed E-state index contributed by atoms with van der Waals surface area (Å²) >= 11 is 1.96. The molecule has 104 valence electrons. The summed E-state index contributed by atoms with van der Waals surface area (Å²) in [5.41, 5.74) is 0.410. The number of aromatic nitrogens is 1. The maximum Gasteiger partial charge on any atom is 0.323 e. The van der Waals surface area contributed by atoms with Crippen LogP contribution in [0.1, 0.15) is 23.3 Å². The van der Waals surface area contributed by atoms with Gasteiger partial charge in [-0.1, -0.05) is 0 Å². The monoisotopic (exact) mass is 282 g/mol. The third-order valence-electron chi connectivity index (χ3n) is 3.26. The van der Waals surface area contributed by atoms with Crippen LogP contribution in [-0.4, -0.2) is 39.6 Å². The lowest BCUT2D eigenvalue weighted by Crippen LogP contribution is -2.32. The number of carbonyl (C=O) groups is 2. The minimum Gasteiger partial charge on any atom is -0.480 e. The molecule has 5 nitrogen and oxygen atoms in total. The van der Waals surface area contributed by atoms with E-state index in [9.17, 15) is 9.59 Å². The van der Waals surface area contributed by atoms with Gasteiger partial charge >= 0.3 is 5.97 Å². The lowest BCUT2D eigenvalue weighted by molar-refractivity contribution is -0.137. The number of hydrogen-bond acceptors (Lipinski definition) is 3. The Morgan fingerprint density at radius 3 is 2.84 bits per heavy atom. The van der Waals surface area contributed by atoms with E-state index in [0.29, 0.717) is 18.2 Å². The third-order valence-corrected chi connectivity index (χ3v) is 4.31. The van der Waals surface area contributed by atoms with Gasteiger partial charge in [0.15, 0.2) is 0 Å². The molecule has 0 bridgehead atoms. The molecule has 0 aromatic carbocycles. The standard InChI is InChI=1S/C13H18N2O3S/c16-12(17)9-15-5-1-2-11(15)13(18)14-8-10-3-6-19-7-4-10/h1-2,5,10H,3-4,6-9H2,(H,14,18)(H,16,17). The Hall–Kier alpha value is -1.43. The van der Waals surface area contributed by atoms with Crippen LogP contribution in [0.3, 0.4) is 0 Å². The molecule has 6 heteroatoms. The molecule has 1 aliphatic heterocycles. The van der Waals surface area contributed by atoms with Crippen LogP contribution in [0.25, 0.3) is 0 Å². The van der Waals surface area contributed by atoms with Gasteiger partial charge in [0.1, 0.15) is 12.2 Å². The quantitative estimate of drug-likeness (QED) is 0.857. The number of rotatable bonds is 5. The molecule has 1 aromatic heterocycles. The number of hydrogen-bond donors (Lipinski definition) is 2. The van der Waals surface area contributed by atoms with E-state index in [2.05, 4.69) is 5.32 Å². The van der Waals surface area contributed by atoms with Crippen molar-refractivity contribution in [2.75, 3.05) is 18.1 Å². The van der Waals surface area contributed by atoms with Crippen molar-refractivity contribution < 1.29 is 14.7 Å². The number of nitrogens with one attached hydrogen (secondary N) is 1. The second-order valence-corrected chi connectivity index (χ2v) is 5.91. The zero-order valence-electron chi connectivity index (χ0n) is 10.7. The summed E-state index contributed by atoms with van der Waals surface area (Å²) in [6.45, 7) is 0.494. The van der Waals surface area contributed by atoms with Crippen molar-refractivity contribution in [1.29, 1.82) is 0 Å². The van der Waals surface area contributed by atoms with E-state index in [1.165, 1.54) is 4.57 Å². The number of thioether (sulfide) groups is 1. The van der Waals surface area contributed by atoms with Crippen LogP contribution in [0, 0.1) is 5.92 Å². The van der Waals surface area contributed by atoms with Crippen molar-refractivity contribution in [1.82, 2.24) is 9.88 Å². The fourth-order valence-corrected chi connectivity index (χ4v) is 3.39. The highest BCUT2D eigenvalue weighted by Gasteiger charge is 2.17. The van der Waals surface area contributed by atoms with E-state index >= 15 is 0 Å². The average Bonchev–Trinajstić information content (AvgIpc) is 2.84. The van der Waals surface area contributed by atoms with Crippen molar-refractivity contribution in [2.45, 2.75) is 19.4 Å². The maximum atomic E-state index is 12.0. The predicted molar refractivity (Wildman–Crippen MR) is 74.5 cm³/mol. The van der Waals surface area contributed by atoms with Gasteiger partial charge in [-0.3, -0.25) is 9.59 Å². The Bertz CT molecular complexity index is 452. The van der Waals surface area contributed by atoms with Gasteiger partial charge in [-0.2, -0.15) is 11.8 Å². The highest BCUT2D eigenvalue weighted by atomic mass is 32.2. The molecule has 1 fully saturated rings. The Kier molecular flexibility index (Phi) is 4.90. The van der Waals surface area contributed by atoms with Gasteiger partial charge in [-0.25, -0.2) is 0 Å². The number of carbonyl (C=O) groups excluding carboxylic acids is 1. The summed E-state index contributed by atoms with van der Waals surface area (Å²) in [5, 5.41) is 11.7. The SMILES string of the molecule is O=C(O)Cn1cccc1C(=O)NCC1CCSCC1. The Morgan fingerprint density at radius 2 is 2.16 bits per heavy atom. The fourth-order valence-electron chi connectivity index (χ4n) is 2.18. The third kappa shape index (κ3) is 4.02. The molecule has 1 saturated heterocycles. The predicted octanol–water partition coefficient (Wildman–Crippen LogP) is 1.45. The largest absolute Gasteiger partial charge is 0.480 e. The molecule has 2 heterocycles. The molecule has 2 N–H and O–H groups in total. The van der Waals surface area contributed by atoms with Crippen LogP contribution < -0.4 is 5.32 Å². The summed E-state index contributed by atoms with van der Waals surface area (Å²) in [4.78, 5) is 22.7. The topological polar surface area (TPSA) is 71.3 Å².